The number of hydrogen-bond donors (Lipinski definition) is 1. The highest BCUT2D eigenvalue weighted by Gasteiger charge is 2.43. The van der Waals surface area contributed by atoms with Crippen LogP contribution in [0.4, 0.5) is 8.78 Å². The van der Waals surface area contributed by atoms with Gasteiger partial charge in [0.1, 0.15) is 0 Å². The minimum atomic E-state index is -3.56. The van der Waals surface area contributed by atoms with E-state index in [1.165, 1.54) is 0 Å². The van der Waals surface area contributed by atoms with Crippen molar-refractivity contribution in [2.24, 2.45) is 5.92 Å². The minimum Gasteiger partial charge on any atom is -0.395 e. The Morgan fingerprint density at radius 3 is 2.54 bits per heavy atom. The van der Waals surface area contributed by atoms with E-state index in [-0.39, 0.29) is 29.9 Å². The van der Waals surface area contributed by atoms with E-state index in [0.717, 1.165) is 44.6 Å². The van der Waals surface area contributed by atoms with E-state index in [9.17, 15) is 8.78 Å². The smallest absolute Gasteiger partial charge is 0.395 e. The van der Waals surface area contributed by atoms with Crippen molar-refractivity contribution in [3.63, 3.8) is 0 Å². The topological polar surface area (TPSA) is 33.7 Å². The SMILES string of the molecule is CCCC(C)[C@H](c1ccc2c(c1)OC(F)(F)O2)N1CCNCC1.Cl. The predicted molar refractivity (Wildman–Crippen MR) is 91.1 cm³/mol. The third kappa shape index (κ3) is 4.10. The lowest BCUT2D eigenvalue weighted by molar-refractivity contribution is -0.286. The van der Waals surface area contributed by atoms with E-state index in [1.54, 1.807) is 12.1 Å². The number of piperazine rings is 1. The van der Waals surface area contributed by atoms with Gasteiger partial charge in [-0.15, -0.1) is 21.2 Å². The lowest BCUT2D eigenvalue weighted by atomic mass is 9.89. The van der Waals surface area contributed by atoms with Crippen LogP contribution in [-0.4, -0.2) is 37.4 Å². The van der Waals surface area contributed by atoms with Crippen molar-refractivity contribution in [2.75, 3.05) is 26.2 Å². The molecule has 1 saturated heterocycles. The van der Waals surface area contributed by atoms with Crippen LogP contribution in [0.15, 0.2) is 18.2 Å². The van der Waals surface area contributed by atoms with Gasteiger partial charge in [-0.3, -0.25) is 4.90 Å². The lowest BCUT2D eigenvalue weighted by Crippen LogP contribution is -2.46. The second-order valence-corrected chi connectivity index (χ2v) is 6.37. The number of ether oxygens (including phenoxy) is 2. The number of nitrogens with zero attached hydrogens (tertiary/aromatic N) is 1. The summed E-state index contributed by atoms with van der Waals surface area (Å²) in [4.78, 5) is 2.44. The summed E-state index contributed by atoms with van der Waals surface area (Å²) in [6.07, 6.45) is -1.36. The highest BCUT2D eigenvalue weighted by molar-refractivity contribution is 5.85. The van der Waals surface area contributed by atoms with Gasteiger partial charge in [0, 0.05) is 32.2 Å². The average Bonchev–Trinajstić information content (AvgIpc) is 2.82. The van der Waals surface area contributed by atoms with Gasteiger partial charge in [-0.25, -0.2) is 0 Å². The van der Waals surface area contributed by atoms with E-state index in [2.05, 4.69) is 33.5 Å². The molecule has 4 nitrogen and oxygen atoms in total. The molecule has 2 atom stereocenters. The minimum absolute atomic E-state index is 0. The Kier molecular flexibility index (Phi) is 6.28. The molecule has 136 valence electrons. The Morgan fingerprint density at radius 1 is 1.21 bits per heavy atom. The van der Waals surface area contributed by atoms with Gasteiger partial charge in [0.05, 0.1) is 0 Å². The molecule has 24 heavy (non-hydrogen) atoms. The summed E-state index contributed by atoms with van der Waals surface area (Å²) >= 11 is 0. The fraction of sp³-hybridized carbons (Fsp3) is 0.647. The van der Waals surface area contributed by atoms with E-state index < -0.39 is 6.29 Å². The maximum atomic E-state index is 13.2. The molecule has 0 radical (unpaired) electrons. The molecule has 2 aliphatic rings. The first-order valence-corrected chi connectivity index (χ1v) is 8.34. The molecule has 0 bridgehead atoms. The summed E-state index contributed by atoms with van der Waals surface area (Å²) in [5.74, 6) is 0.691. The van der Waals surface area contributed by atoms with Crippen molar-refractivity contribution in [1.82, 2.24) is 10.2 Å². The fourth-order valence-corrected chi connectivity index (χ4v) is 3.62. The number of fused-ring (bicyclic) bond motifs is 1. The number of hydrogen-bond acceptors (Lipinski definition) is 4. The Labute approximate surface area is 147 Å². The number of alkyl halides is 2. The van der Waals surface area contributed by atoms with Gasteiger partial charge in [-0.2, -0.15) is 0 Å². The molecule has 0 aliphatic carbocycles. The monoisotopic (exact) mass is 362 g/mol. The van der Waals surface area contributed by atoms with Crippen LogP contribution in [0.5, 0.6) is 11.5 Å². The van der Waals surface area contributed by atoms with Crippen molar-refractivity contribution in [3.8, 4) is 11.5 Å². The fourth-order valence-electron chi connectivity index (χ4n) is 3.62. The molecule has 0 aromatic heterocycles. The van der Waals surface area contributed by atoms with Gasteiger partial charge in [0.2, 0.25) is 0 Å². The number of nitrogens with one attached hydrogen (secondary N) is 1. The first-order valence-electron chi connectivity index (χ1n) is 8.34. The van der Waals surface area contributed by atoms with Gasteiger partial charge < -0.3 is 14.8 Å². The molecule has 3 rings (SSSR count). The zero-order valence-electron chi connectivity index (χ0n) is 14.1. The molecule has 2 heterocycles. The van der Waals surface area contributed by atoms with E-state index >= 15 is 0 Å². The average molecular weight is 363 g/mol. The molecule has 7 heteroatoms. The van der Waals surface area contributed by atoms with Crippen molar-refractivity contribution in [2.45, 2.75) is 39.0 Å². The van der Waals surface area contributed by atoms with E-state index in [1.807, 2.05) is 6.07 Å². The highest BCUT2D eigenvalue weighted by Crippen LogP contribution is 2.43. The van der Waals surface area contributed by atoms with Crippen molar-refractivity contribution >= 4 is 12.4 Å². The van der Waals surface area contributed by atoms with Gasteiger partial charge in [0.25, 0.3) is 0 Å². The van der Waals surface area contributed by atoms with Crippen molar-refractivity contribution < 1.29 is 18.3 Å². The number of rotatable bonds is 5. The second-order valence-electron chi connectivity index (χ2n) is 6.37. The summed E-state index contributed by atoms with van der Waals surface area (Å²) in [5.41, 5.74) is 1.02. The lowest BCUT2D eigenvalue weighted by Gasteiger charge is -2.38. The summed E-state index contributed by atoms with van der Waals surface area (Å²) < 4.78 is 35.6. The van der Waals surface area contributed by atoms with Crippen LogP contribution in [0, 0.1) is 5.92 Å². The molecule has 1 unspecified atom stereocenters. The molecule has 1 N–H and O–H groups in total. The van der Waals surface area contributed by atoms with Crippen molar-refractivity contribution in [3.05, 3.63) is 23.8 Å². The highest BCUT2D eigenvalue weighted by atomic mass is 35.5. The third-order valence-electron chi connectivity index (χ3n) is 4.59. The molecule has 1 aromatic rings. The molecule has 0 spiro atoms. The van der Waals surface area contributed by atoms with E-state index in [4.69, 9.17) is 0 Å². The Morgan fingerprint density at radius 2 is 1.88 bits per heavy atom. The third-order valence-corrected chi connectivity index (χ3v) is 4.59. The van der Waals surface area contributed by atoms with Crippen LogP contribution in [0.25, 0.3) is 0 Å². The summed E-state index contributed by atoms with van der Waals surface area (Å²) in [5, 5.41) is 3.36. The quantitative estimate of drug-likeness (QED) is 0.863. The molecule has 1 fully saturated rings. The van der Waals surface area contributed by atoms with Gasteiger partial charge >= 0.3 is 6.29 Å². The van der Waals surface area contributed by atoms with Crippen LogP contribution < -0.4 is 14.8 Å². The maximum Gasteiger partial charge on any atom is 0.586 e. The predicted octanol–water partition coefficient (Wildman–Crippen LogP) is 3.81. The second kappa shape index (κ2) is 7.85. The molecule has 1 aromatic carbocycles. The first kappa shape index (κ1) is 19.2. The van der Waals surface area contributed by atoms with Gasteiger partial charge in [-0.1, -0.05) is 26.3 Å². The van der Waals surface area contributed by atoms with Crippen LogP contribution in [-0.2, 0) is 0 Å². The van der Waals surface area contributed by atoms with Crippen molar-refractivity contribution in [1.29, 1.82) is 0 Å². The summed E-state index contributed by atoms with van der Waals surface area (Å²) in [6, 6.07) is 5.41. The zero-order chi connectivity index (χ0) is 16.4. The largest absolute Gasteiger partial charge is 0.586 e. The van der Waals surface area contributed by atoms with Crippen LogP contribution >= 0.6 is 12.4 Å². The number of benzene rings is 1. The first-order chi connectivity index (χ1) is 11.0. The number of halogens is 3. The standard InChI is InChI=1S/C17H24F2N2O2.ClH/c1-3-4-12(2)16(21-9-7-20-8-10-21)13-5-6-14-15(11-13)23-17(18,19)22-14;/h5-6,11-12,16,20H,3-4,7-10H2,1-2H3;1H/t12?,16-;/m1./s1. The van der Waals surface area contributed by atoms with Crippen LogP contribution in [0.1, 0.15) is 38.3 Å². The van der Waals surface area contributed by atoms with Crippen LogP contribution in [0.3, 0.4) is 0 Å². The Hall–Kier alpha value is -1.11. The molecule has 2 aliphatic heterocycles. The Bertz CT molecular complexity index is 553. The van der Waals surface area contributed by atoms with E-state index in [0.29, 0.717) is 5.92 Å². The zero-order valence-corrected chi connectivity index (χ0v) is 14.9. The molecular formula is C17H25ClF2N2O2. The molecule has 0 amide bonds. The van der Waals surface area contributed by atoms with Gasteiger partial charge in [0.15, 0.2) is 11.5 Å². The Balaban J connectivity index is 0.00000208. The summed E-state index contributed by atoms with van der Waals surface area (Å²) in [6.45, 7) is 8.24. The normalized spacial score (nSPS) is 21.8. The molecule has 0 saturated carbocycles. The maximum absolute atomic E-state index is 13.2. The summed E-state index contributed by atoms with van der Waals surface area (Å²) in [7, 11) is 0. The van der Waals surface area contributed by atoms with Crippen LogP contribution in [0.2, 0.25) is 0 Å². The molecular weight excluding hydrogens is 338 g/mol. The van der Waals surface area contributed by atoms with Gasteiger partial charge in [-0.05, 0) is 30.0 Å².